The quantitative estimate of drug-likeness (QED) is 0.909. The first-order valence-corrected chi connectivity index (χ1v) is 6.59. The van der Waals surface area contributed by atoms with Crippen LogP contribution >= 0.6 is 0 Å². The van der Waals surface area contributed by atoms with Gasteiger partial charge >= 0.3 is 0 Å². The third-order valence-corrected chi connectivity index (χ3v) is 3.66. The van der Waals surface area contributed by atoms with E-state index < -0.39 is 0 Å². The molecule has 0 aromatic heterocycles. The second kappa shape index (κ2) is 5.45. The lowest BCUT2D eigenvalue weighted by Gasteiger charge is -2.17. The number of benzene rings is 2. The summed E-state index contributed by atoms with van der Waals surface area (Å²) in [6.07, 6.45) is 0. The van der Waals surface area contributed by atoms with Crippen LogP contribution in [0.15, 0.2) is 42.5 Å². The van der Waals surface area contributed by atoms with Crippen molar-refractivity contribution in [2.24, 2.45) is 5.73 Å². The highest BCUT2D eigenvalue weighted by atomic mass is 15.1. The van der Waals surface area contributed by atoms with Crippen LogP contribution in [0.4, 0.5) is 5.69 Å². The first-order chi connectivity index (χ1) is 8.99. The first kappa shape index (κ1) is 13.6. The Labute approximate surface area is 115 Å². The lowest BCUT2D eigenvalue weighted by molar-refractivity contribution is 0.868. The molecule has 0 aliphatic carbocycles. The van der Waals surface area contributed by atoms with Crippen molar-refractivity contribution in [1.29, 1.82) is 0 Å². The van der Waals surface area contributed by atoms with Gasteiger partial charge in [-0.3, -0.25) is 0 Å². The predicted molar refractivity (Wildman–Crippen MR) is 82.7 cm³/mol. The zero-order chi connectivity index (χ0) is 14.0. The summed E-state index contributed by atoms with van der Waals surface area (Å²) in [5.41, 5.74) is 12.4. The van der Waals surface area contributed by atoms with Gasteiger partial charge in [0.15, 0.2) is 0 Å². The Kier molecular flexibility index (Phi) is 3.91. The Morgan fingerprint density at radius 1 is 0.842 bits per heavy atom. The zero-order valence-corrected chi connectivity index (χ0v) is 12.1. The summed E-state index contributed by atoms with van der Waals surface area (Å²) in [5, 5.41) is 0. The van der Waals surface area contributed by atoms with E-state index in [-0.39, 0.29) is 6.04 Å². The van der Waals surface area contributed by atoms with E-state index in [1.807, 2.05) is 14.1 Å². The fraction of sp³-hybridized carbons (Fsp3) is 0.294. The van der Waals surface area contributed by atoms with Crippen molar-refractivity contribution >= 4 is 5.69 Å². The fourth-order valence-electron chi connectivity index (χ4n) is 2.13. The van der Waals surface area contributed by atoms with Crippen molar-refractivity contribution in [3.05, 3.63) is 64.7 Å². The van der Waals surface area contributed by atoms with Crippen LogP contribution in [0.5, 0.6) is 0 Å². The van der Waals surface area contributed by atoms with Crippen LogP contribution in [0, 0.1) is 13.8 Å². The Hall–Kier alpha value is -1.80. The van der Waals surface area contributed by atoms with Crippen LogP contribution in [0.1, 0.15) is 28.3 Å². The van der Waals surface area contributed by atoms with E-state index in [4.69, 9.17) is 5.73 Å². The normalized spacial score (nSPS) is 12.3. The maximum atomic E-state index is 6.35. The van der Waals surface area contributed by atoms with Crippen molar-refractivity contribution in [1.82, 2.24) is 0 Å². The molecule has 2 nitrogen and oxygen atoms in total. The lowest BCUT2D eigenvalue weighted by Crippen LogP contribution is -2.13. The molecule has 0 saturated carbocycles. The van der Waals surface area contributed by atoms with Gasteiger partial charge in [-0.05, 0) is 48.2 Å². The smallest absolute Gasteiger partial charge is 0.0551 e. The van der Waals surface area contributed by atoms with E-state index in [0.717, 1.165) is 5.56 Å². The van der Waals surface area contributed by atoms with Crippen LogP contribution < -0.4 is 10.6 Å². The minimum atomic E-state index is -0.0597. The highest BCUT2D eigenvalue weighted by Crippen LogP contribution is 2.23. The number of nitrogens with zero attached hydrogens (tertiary/aromatic N) is 1. The van der Waals surface area contributed by atoms with E-state index in [0.29, 0.717) is 0 Å². The fourth-order valence-corrected chi connectivity index (χ4v) is 2.13. The molecule has 2 N–H and O–H groups in total. The molecule has 100 valence electrons. The first-order valence-electron chi connectivity index (χ1n) is 6.59. The maximum absolute atomic E-state index is 6.35. The summed E-state index contributed by atoms with van der Waals surface area (Å²) in [7, 11) is 4.08. The largest absolute Gasteiger partial charge is 0.378 e. The Morgan fingerprint density at radius 2 is 1.42 bits per heavy atom. The minimum absolute atomic E-state index is 0.0597. The van der Waals surface area contributed by atoms with Crippen LogP contribution in [-0.4, -0.2) is 14.1 Å². The van der Waals surface area contributed by atoms with Crippen LogP contribution in [0.2, 0.25) is 0 Å². The standard InChI is InChI=1S/C17H22N2/c1-12-5-6-15(11-13(12)2)17(18)14-7-9-16(10-8-14)19(3)4/h5-11,17H,18H2,1-4H3. The summed E-state index contributed by atoms with van der Waals surface area (Å²) in [5.74, 6) is 0. The molecule has 1 atom stereocenters. The molecular formula is C17H22N2. The van der Waals surface area contributed by atoms with Gasteiger partial charge in [-0.1, -0.05) is 30.3 Å². The Morgan fingerprint density at radius 3 is 1.95 bits per heavy atom. The van der Waals surface area contributed by atoms with Crippen molar-refractivity contribution in [2.75, 3.05) is 19.0 Å². The Balaban J connectivity index is 2.27. The highest BCUT2D eigenvalue weighted by Gasteiger charge is 2.09. The molecule has 2 heteroatoms. The van der Waals surface area contributed by atoms with Gasteiger partial charge < -0.3 is 10.6 Å². The van der Waals surface area contributed by atoms with E-state index in [9.17, 15) is 0 Å². The van der Waals surface area contributed by atoms with Crippen molar-refractivity contribution in [2.45, 2.75) is 19.9 Å². The van der Waals surface area contributed by atoms with E-state index in [1.54, 1.807) is 0 Å². The van der Waals surface area contributed by atoms with E-state index in [2.05, 4.69) is 61.2 Å². The predicted octanol–water partition coefficient (Wildman–Crippen LogP) is 3.42. The molecule has 2 rings (SSSR count). The van der Waals surface area contributed by atoms with Crippen molar-refractivity contribution in [3.63, 3.8) is 0 Å². The SMILES string of the molecule is Cc1ccc(C(N)c2ccc(N(C)C)cc2)cc1C. The molecule has 0 radical (unpaired) electrons. The third kappa shape index (κ3) is 2.96. The number of aryl methyl sites for hydroxylation is 2. The second-order valence-electron chi connectivity index (χ2n) is 5.31. The number of hydrogen-bond acceptors (Lipinski definition) is 2. The monoisotopic (exact) mass is 254 g/mol. The number of anilines is 1. The summed E-state index contributed by atoms with van der Waals surface area (Å²) >= 11 is 0. The summed E-state index contributed by atoms with van der Waals surface area (Å²) in [4.78, 5) is 2.09. The lowest BCUT2D eigenvalue weighted by atomic mass is 9.96. The number of nitrogens with two attached hydrogens (primary N) is 1. The molecule has 0 amide bonds. The van der Waals surface area contributed by atoms with Crippen LogP contribution in [0.25, 0.3) is 0 Å². The van der Waals surface area contributed by atoms with Gasteiger partial charge in [-0.2, -0.15) is 0 Å². The maximum Gasteiger partial charge on any atom is 0.0551 e. The van der Waals surface area contributed by atoms with E-state index >= 15 is 0 Å². The average molecular weight is 254 g/mol. The van der Waals surface area contributed by atoms with Gasteiger partial charge in [0.1, 0.15) is 0 Å². The molecule has 0 heterocycles. The number of hydrogen-bond donors (Lipinski definition) is 1. The summed E-state index contributed by atoms with van der Waals surface area (Å²) < 4.78 is 0. The van der Waals surface area contributed by atoms with Gasteiger partial charge in [0, 0.05) is 19.8 Å². The molecule has 0 aliphatic heterocycles. The molecule has 2 aromatic rings. The molecular weight excluding hydrogens is 232 g/mol. The molecule has 0 fully saturated rings. The number of rotatable bonds is 3. The minimum Gasteiger partial charge on any atom is -0.378 e. The molecule has 2 aromatic carbocycles. The average Bonchev–Trinajstić information content (AvgIpc) is 2.41. The molecule has 0 saturated heterocycles. The van der Waals surface area contributed by atoms with Gasteiger partial charge in [-0.25, -0.2) is 0 Å². The highest BCUT2D eigenvalue weighted by molar-refractivity contribution is 5.48. The summed E-state index contributed by atoms with van der Waals surface area (Å²) in [6.45, 7) is 4.25. The van der Waals surface area contributed by atoms with Gasteiger partial charge in [0.05, 0.1) is 6.04 Å². The Bertz CT molecular complexity index is 556. The third-order valence-electron chi connectivity index (χ3n) is 3.66. The van der Waals surface area contributed by atoms with E-state index in [1.165, 1.54) is 22.4 Å². The molecule has 0 aliphatic rings. The second-order valence-corrected chi connectivity index (χ2v) is 5.31. The molecule has 0 spiro atoms. The van der Waals surface area contributed by atoms with Crippen LogP contribution in [-0.2, 0) is 0 Å². The van der Waals surface area contributed by atoms with Gasteiger partial charge in [0.25, 0.3) is 0 Å². The van der Waals surface area contributed by atoms with Crippen molar-refractivity contribution < 1.29 is 0 Å². The molecule has 19 heavy (non-hydrogen) atoms. The molecule has 1 unspecified atom stereocenters. The van der Waals surface area contributed by atoms with Gasteiger partial charge in [-0.15, -0.1) is 0 Å². The molecule has 0 bridgehead atoms. The van der Waals surface area contributed by atoms with Gasteiger partial charge in [0.2, 0.25) is 0 Å². The van der Waals surface area contributed by atoms with Crippen LogP contribution in [0.3, 0.4) is 0 Å². The van der Waals surface area contributed by atoms with Crippen molar-refractivity contribution in [3.8, 4) is 0 Å². The topological polar surface area (TPSA) is 29.3 Å². The zero-order valence-electron chi connectivity index (χ0n) is 12.1. The summed E-state index contributed by atoms with van der Waals surface area (Å²) in [6, 6.07) is 14.8.